The molecule has 144 valence electrons. The molecule has 1 aromatic rings. The highest BCUT2D eigenvalue weighted by Gasteiger charge is 2.53. The summed E-state index contributed by atoms with van der Waals surface area (Å²) in [7, 11) is 1.28. The van der Waals surface area contributed by atoms with Crippen LogP contribution < -0.4 is 0 Å². The lowest BCUT2D eigenvalue weighted by atomic mass is 10.1. The number of nitrogens with zero attached hydrogens (tertiary/aromatic N) is 2. The molecule has 1 aromatic carbocycles. The second kappa shape index (κ2) is 6.88. The molecule has 27 heavy (non-hydrogen) atoms. The summed E-state index contributed by atoms with van der Waals surface area (Å²) in [4.78, 5) is 40.6. The van der Waals surface area contributed by atoms with Crippen LogP contribution in [0.2, 0.25) is 0 Å². The monoisotopic (exact) mass is 438 g/mol. The summed E-state index contributed by atoms with van der Waals surface area (Å²) in [5.41, 5.74) is 1.46. The Morgan fingerprint density at radius 1 is 1.33 bits per heavy atom. The maximum absolute atomic E-state index is 12.9. The molecule has 2 saturated heterocycles. The molecule has 9 heteroatoms. The van der Waals surface area contributed by atoms with Crippen molar-refractivity contribution in [1.82, 2.24) is 9.80 Å². The number of carbonyl (C=O) groups excluding carboxylic acids is 3. The third-order valence-electron chi connectivity index (χ3n) is 5.18. The summed E-state index contributed by atoms with van der Waals surface area (Å²) in [6.07, 6.45) is 0.229. The Morgan fingerprint density at radius 3 is 2.78 bits per heavy atom. The molecule has 2 fully saturated rings. The quantitative estimate of drug-likeness (QED) is 0.652. The zero-order chi connectivity index (χ0) is 19.2. The van der Waals surface area contributed by atoms with E-state index in [0.29, 0.717) is 25.3 Å². The molecule has 3 aliphatic rings. The van der Waals surface area contributed by atoms with Crippen molar-refractivity contribution in [3.63, 3.8) is 0 Å². The SMILES string of the molecule is COC(=O)[C@@H]1CC2(CN1C(=O)CN1Cc3ccc(Br)cc3C1=O)OCCO2. The molecule has 8 nitrogen and oxygen atoms in total. The number of methoxy groups -OCH3 is 1. The molecule has 1 atom stereocenters. The number of rotatable bonds is 3. The summed E-state index contributed by atoms with van der Waals surface area (Å²) in [6.45, 7) is 1.23. The molecule has 4 rings (SSSR count). The van der Waals surface area contributed by atoms with Crippen molar-refractivity contribution in [3.8, 4) is 0 Å². The predicted octanol–water partition coefficient (Wildman–Crippen LogP) is 0.922. The summed E-state index contributed by atoms with van der Waals surface area (Å²) in [5, 5.41) is 0. The Bertz CT molecular complexity index is 807. The Hall–Kier alpha value is -1.97. The predicted molar refractivity (Wildman–Crippen MR) is 95.7 cm³/mol. The van der Waals surface area contributed by atoms with E-state index in [2.05, 4.69) is 15.9 Å². The smallest absolute Gasteiger partial charge is 0.328 e. The number of halogens is 1. The first kappa shape index (κ1) is 18.4. The number of carbonyl (C=O) groups is 3. The molecule has 0 radical (unpaired) electrons. The highest BCUT2D eigenvalue weighted by atomic mass is 79.9. The van der Waals surface area contributed by atoms with Gasteiger partial charge in [-0.15, -0.1) is 0 Å². The van der Waals surface area contributed by atoms with Crippen LogP contribution in [0.3, 0.4) is 0 Å². The third kappa shape index (κ3) is 3.24. The molecule has 1 spiro atoms. The Labute approximate surface area is 164 Å². The van der Waals surface area contributed by atoms with Crippen LogP contribution in [0.1, 0.15) is 22.3 Å². The zero-order valence-corrected chi connectivity index (χ0v) is 16.4. The van der Waals surface area contributed by atoms with Crippen molar-refractivity contribution >= 4 is 33.7 Å². The maximum Gasteiger partial charge on any atom is 0.328 e. The minimum atomic E-state index is -0.961. The van der Waals surface area contributed by atoms with Crippen molar-refractivity contribution in [2.24, 2.45) is 0 Å². The zero-order valence-electron chi connectivity index (χ0n) is 14.8. The Balaban J connectivity index is 1.50. The first-order valence-corrected chi connectivity index (χ1v) is 9.45. The fourth-order valence-electron chi connectivity index (χ4n) is 3.87. The lowest BCUT2D eigenvalue weighted by molar-refractivity contribution is -0.152. The summed E-state index contributed by atoms with van der Waals surface area (Å²) < 4.78 is 17.0. The van der Waals surface area contributed by atoms with Gasteiger partial charge < -0.3 is 24.0 Å². The lowest BCUT2D eigenvalue weighted by Crippen LogP contribution is -2.46. The first-order valence-electron chi connectivity index (χ1n) is 8.65. The molecular formula is C18H19BrN2O6. The van der Waals surface area contributed by atoms with Crippen LogP contribution in [0.4, 0.5) is 0 Å². The largest absolute Gasteiger partial charge is 0.467 e. The van der Waals surface area contributed by atoms with E-state index in [1.807, 2.05) is 12.1 Å². The van der Waals surface area contributed by atoms with Gasteiger partial charge in [0.1, 0.15) is 12.6 Å². The third-order valence-corrected chi connectivity index (χ3v) is 5.67. The van der Waals surface area contributed by atoms with Crippen LogP contribution in [-0.2, 0) is 30.3 Å². The van der Waals surface area contributed by atoms with Crippen molar-refractivity contribution < 1.29 is 28.6 Å². The van der Waals surface area contributed by atoms with Crippen molar-refractivity contribution in [2.45, 2.75) is 24.8 Å². The van der Waals surface area contributed by atoms with Crippen molar-refractivity contribution in [3.05, 3.63) is 33.8 Å². The fraction of sp³-hybridized carbons (Fsp3) is 0.500. The summed E-state index contributed by atoms with van der Waals surface area (Å²) >= 11 is 3.36. The van der Waals surface area contributed by atoms with Crippen LogP contribution in [0.25, 0.3) is 0 Å². The fourth-order valence-corrected chi connectivity index (χ4v) is 4.23. The van der Waals surface area contributed by atoms with Gasteiger partial charge >= 0.3 is 5.97 Å². The maximum atomic E-state index is 12.9. The van der Waals surface area contributed by atoms with E-state index in [1.165, 1.54) is 16.9 Å². The van der Waals surface area contributed by atoms with E-state index < -0.39 is 17.8 Å². The van der Waals surface area contributed by atoms with Gasteiger partial charge in [0.15, 0.2) is 5.79 Å². The number of amides is 2. The van der Waals surface area contributed by atoms with Crippen LogP contribution in [0.5, 0.6) is 0 Å². The molecular weight excluding hydrogens is 420 g/mol. The normalized spacial score (nSPS) is 23.2. The minimum Gasteiger partial charge on any atom is -0.467 e. The summed E-state index contributed by atoms with van der Waals surface area (Å²) in [5.74, 6) is -2.00. The van der Waals surface area contributed by atoms with Gasteiger partial charge in [-0.3, -0.25) is 9.59 Å². The molecule has 0 N–H and O–H groups in total. The lowest BCUT2D eigenvalue weighted by Gasteiger charge is -2.25. The van der Waals surface area contributed by atoms with Crippen LogP contribution >= 0.6 is 15.9 Å². The van der Waals surface area contributed by atoms with Gasteiger partial charge in [-0.05, 0) is 17.7 Å². The average molecular weight is 439 g/mol. The van der Waals surface area contributed by atoms with Gasteiger partial charge in [-0.25, -0.2) is 4.79 Å². The standard InChI is InChI=1S/C18H19BrN2O6/c1-25-17(24)14-7-18(26-4-5-27-18)10-21(14)15(22)9-20-8-11-2-3-12(19)6-13(11)16(20)23/h2-3,6,14H,4-5,7-10H2,1H3/t14-/m0/s1. The van der Waals surface area contributed by atoms with Crippen molar-refractivity contribution in [2.75, 3.05) is 33.4 Å². The topological polar surface area (TPSA) is 85.4 Å². The highest BCUT2D eigenvalue weighted by Crippen LogP contribution is 2.35. The second-order valence-electron chi connectivity index (χ2n) is 6.84. The van der Waals surface area contributed by atoms with E-state index in [-0.39, 0.29) is 31.3 Å². The molecule has 0 saturated carbocycles. The molecule has 0 unspecified atom stereocenters. The molecule has 2 amide bonds. The van der Waals surface area contributed by atoms with E-state index >= 15 is 0 Å². The number of hydrogen-bond acceptors (Lipinski definition) is 6. The van der Waals surface area contributed by atoms with E-state index in [0.717, 1.165) is 10.0 Å². The summed E-state index contributed by atoms with van der Waals surface area (Å²) in [6, 6.07) is 4.70. The number of ether oxygens (including phenoxy) is 3. The van der Waals surface area contributed by atoms with Gasteiger partial charge in [0.2, 0.25) is 5.91 Å². The Morgan fingerprint density at radius 2 is 2.07 bits per heavy atom. The molecule has 0 bridgehead atoms. The number of likely N-dealkylation sites (tertiary alicyclic amines) is 1. The minimum absolute atomic E-state index is 0.116. The second-order valence-corrected chi connectivity index (χ2v) is 7.75. The van der Waals surface area contributed by atoms with Gasteiger partial charge in [0.25, 0.3) is 5.91 Å². The number of fused-ring (bicyclic) bond motifs is 1. The number of hydrogen-bond donors (Lipinski definition) is 0. The number of esters is 1. The van der Waals surface area contributed by atoms with Gasteiger partial charge in [0.05, 0.1) is 26.9 Å². The molecule has 3 heterocycles. The van der Waals surface area contributed by atoms with Gasteiger partial charge in [-0.2, -0.15) is 0 Å². The molecule has 0 aromatic heterocycles. The van der Waals surface area contributed by atoms with E-state index in [4.69, 9.17) is 14.2 Å². The Kier molecular flexibility index (Phi) is 4.69. The van der Waals surface area contributed by atoms with E-state index in [9.17, 15) is 14.4 Å². The van der Waals surface area contributed by atoms with Crippen LogP contribution in [0, 0.1) is 0 Å². The highest BCUT2D eigenvalue weighted by molar-refractivity contribution is 9.10. The average Bonchev–Trinajstić information content (AvgIpc) is 3.35. The van der Waals surface area contributed by atoms with Crippen molar-refractivity contribution in [1.29, 1.82) is 0 Å². The number of benzene rings is 1. The molecule has 0 aliphatic carbocycles. The molecule has 3 aliphatic heterocycles. The van der Waals surface area contributed by atoms with E-state index in [1.54, 1.807) is 6.07 Å². The van der Waals surface area contributed by atoms with Gasteiger partial charge in [-0.1, -0.05) is 22.0 Å². The van der Waals surface area contributed by atoms with Crippen LogP contribution in [0.15, 0.2) is 22.7 Å². The first-order chi connectivity index (χ1) is 12.9. The van der Waals surface area contributed by atoms with Gasteiger partial charge in [0, 0.05) is 23.0 Å². The van der Waals surface area contributed by atoms with Crippen LogP contribution in [-0.4, -0.2) is 72.8 Å².